The van der Waals surface area contributed by atoms with Crippen molar-refractivity contribution in [3.05, 3.63) is 53.6 Å². The highest BCUT2D eigenvalue weighted by Crippen LogP contribution is 2.23. The first-order chi connectivity index (χ1) is 13.5. The number of fused-ring (bicyclic) bond motifs is 3. The van der Waals surface area contributed by atoms with E-state index < -0.39 is 0 Å². The largest absolute Gasteiger partial charge is 0.356 e. The van der Waals surface area contributed by atoms with Gasteiger partial charge in [0.25, 0.3) is 0 Å². The number of aromatic nitrogens is 5. The van der Waals surface area contributed by atoms with Gasteiger partial charge in [-0.05, 0) is 24.1 Å². The van der Waals surface area contributed by atoms with Gasteiger partial charge in [0.15, 0.2) is 5.65 Å². The van der Waals surface area contributed by atoms with Gasteiger partial charge in [0, 0.05) is 42.4 Å². The summed E-state index contributed by atoms with van der Waals surface area (Å²) < 4.78 is 3.70. The number of benzene rings is 1. The van der Waals surface area contributed by atoms with Gasteiger partial charge in [-0.15, -0.1) is 10.2 Å². The van der Waals surface area contributed by atoms with Crippen molar-refractivity contribution in [1.82, 2.24) is 29.5 Å². The molecule has 0 aliphatic heterocycles. The maximum absolute atomic E-state index is 12.0. The minimum atomic E-state index is 0.0286. The van der Waals surface area contributed by atoms with Crippen LogP contribution in [0.15, 0.2) is 42.7 Å². The van der Waals surface area contributed by atoms with Crippen molar-refractivity contribution in [3.8, 4) is 11.3 Å². The van der Waals surface area contributed by atoms with Gasteiger partial charge in [-0.3, -0.25) is 9.20 Å². The maximum Gasteiger partial charge on any atom is 0.220 e. The second-order valence-corrected chi connectivity index (χ2v) is 7.61. The van der Waals surface area contributed by atoms with Crippen molar-refractivity contribution in [2.24, 2.45) is 5.92 Å². The Labute approximate surface area is 167 Å². The Hall–Kier alpha value is -2.93. The zero-order chi connectivity index (χ0) is 19.7. The zero-order valence-corrected chi connectivity index (χ0v) is 16.5. The molecule has 4 aromatic rings. The number of carbonyl (C=O) groups is 1. The molecular weight excluding hydrogens is 376 g/mol. The molecule has 0 aliphatic rings. The van der Waals surface area contributed by atoms with E-state index in [4.69, 9.17) is 11.6 Å². The third-order valence-electron chi connectivity index (χ3n) is 4.51. The van der Waals surface area contributed by atoms with Crippen LogP contribution in [0.2, 0.25) is 5.02 Å². The lowest BCUT2D eigenvalue weighted by Crippen LogP contribution is -2.27. The van der Waals surface area contributed by atoms with Crippen molar-refractivity contribution < 1.29 is 4.79 Å². The van der Waals surface area contributed by atoms with E-state index in [2.05, 4.69) is 34.5 Å². The molecule has 0 spiro atoms. The Morgan fingerprint density at radius 3 is 2.71 bits per heavy atom. The number of carbonyl (C=O) groups excluding carboxylic acids is 1. The molecule has 7 nitrogen and oxygen atoms in total. The predicted molar refractivity (Wildman–Crippen MR) is 108 cm³/mol. The molecule has 0 aliphatic carbocycles. The van der Waals surface area contributed by atoms with Crippen molar-refractivity contribution in [3.63, 3.8) is 0 Å². The number of aryl methyl sites for hydroxylation is 1. The quantitative estimate of drug-likeness (QED) is 0.542. The van der Waals surface area contributed by atoms with Crippen molar-refractivity contribution in [2.75, 3.05) is 6.54 Å². The Kier molecular flexibility index (Phi) is 5.00. The fourth-order valence-corrected chi connectivity index (χ4v) is 3.15. The molecule has 0 saturated heterocycles. The molecule has 3 aromatic heterocycles. The van der Waals surface area contributed by atoms with Crippen LogP contribution < -0.4 is 5.32 Å². The molecule has 1 aromatic carbocycles. The van der Waals surface area contributed by atoms with Crippen LogP contribution in [0, 0.1) is 5.92 Å². The highest BCUT2D eigenvalue weighted by molar-refractivity contribution is 6.30. The first-order valence-electron chi connectivity index (χ1n) is 9.26. The number of amides is 1. The zero-order valence-electron chi connectivity index (χ0n) is 15.8. The number of nitrogens with one attached hydrogen (secondary N) is 1. The lowest BCUT2D eigenvalue weighted by atomic mass is 10.1. The molecule has 28 heavy (non-hydrogen) atoms. The molecule has 0 radical (unpaired) electrons. The third kappa shape index (κ3) is 3.71. The third-order valence-corrected chi connectivity index (χ3v) is 4.76. The summed E-state index contributed by atoms with van der Waals surface area (Å²) in [6.07, 6.45) is 4.66. The average Bonchev–Trinajstić information content (AvgIpc) is 3.29. The molecule has 0 bridgehead atoms. The standard InChI is InChI=1S/C20H21ClN6O/c1-13(2)12-22-19(28)8-7-18-23-24-20-17-11-16(14-3-5-15(21)6-4-14)25-27(17)10-9-26(18)20/h3-6,9-11,13H,7-8,12H2,1-2H3,(H,22,28). The maximum atomic E-state index is 12.0. The van der Waals surface area contributed by atoms with Crippen LogP contribution in [0.1, 0.15) is 26.1 Å². The van der Waals surface area contributed by atoms with Crippen LogP contribution in [-0.4, -0.2) is 36.7 Å². The lowest BCUT2D eigenvalue weighted by Gasteiger charge is -2.07. The minimum absolute atomic E-state index is 0.0286. The second kappa shape index (κ2) is 7.59. The van der Waals surface area contributed by atoms with Crippen LogP contribution in [0.25, 0.3) is 22.4 Å². The van der Waals surface area contributed by atoms with Crippen molar-refractivity contribution in [2.45, 2.75) is 26.7 Å². The van der Waals surface area contributed by atoms with E-state index in [0.29, 0.717) is 36.0 Å². The van der Waals surface area contributed by atoms with E-state index in [0.717, 1.165) is 22.6 Å². The second-order valence-electron chi connectivity index (χ2n) is 7.17. The van der Waals surface area contributed by atoms with Gasteiger partial charge < -0.3 is 5.32 Å². The van der Waals surface area contributed by atoms with Crippen LogP contribution in [-0.2, 0) is 11.2 Å². The molecule has 0 unspecified atom stereocenters. The molecular formula is C20H21ClN6O. The van der Waals surface area contributed by atoms with Gasteiger partial charge in [-0.1, -0.05) is 37.6 Å². The molecule has 3 heterocycles. The minimum Gasteiger partial charge on any atom is -0.356 e. The van der Waals surface area contributed by atoms with Gasteiger partial charge in [0.1, 0.15) is 11.3 Å². The molecule has 0 saturated carbocycles. The summed E-state index contributed by atoms with van der Waals surface area (Å²) in [5, 5.41) is 16.8. The summed E-state index contributed by atoms with van der Waals surface area (Å²) in [4.78, 5) is 12.0. The van der Waals surface area contributed by atoms with Gasteiger partial charge in [-0.25, -0.2) is 4.52 Å². The topological polar surface area (TPSA) is 76.6 Å². The van der Waals surface area contributed by atoms with E-state index in [1.54, 1.807) is 4.52 Å². The number of halogens is 1. The predicted octanol–water partition coefficient (Wildman–Crippen LogP) is 3.40. The van der Waals surface area contributed by atoms with E-state index in [-0.39, 0.29) is 5.91 Å². The summed E-state index contributed by atoms with van der Waals surface area (Å²) in [6.45, 7) is 4.83. The summed E-state index contributed by atoms with van der Waals surface area (Å²) in [5.74, 6) is 1.22. The number of rotatable bonds is 6. The smallest absolute Gasteiger partial charge is 0.220 e. The molecule has 8 heteroatoms. The normalized spacial score (nSPS) is 11.6. The molecule has 144 valence electrons. The Morgan fingerprint density at radius 2 is 1.96 bits per heavy atom. The fourth-order valence-electron chi connectivity index (χ4n) is 3.02. The van der Waals surface area contributed by atoms with E-state index in [9.17, 15) is 4.79 Å². The molecule has 0 atom stereocenters. The average molecular weight is 397 g/mol. The molecule has 0 fully saturated rings. The van der Waals surface area contributed by atoms with Crippen molar-refractivity contribution >= 4 is 28.7 Å². The fraction of sp³-hybridized carbons (Fsp3) is 0.300. The molecule has 1 N–H and O–H groups in total. The van der Waals surface area contributed by atoms with Gasteiger partial charge >= 0.3 is 0 Å². The summed E-state index contributed by atoms with van der Waals surface area (Å²) in [7, 11) is 0. The Morgan fingerprint density at radius 1 is 1.18 bits per heavy atom. The Bertz CT molecular complexity index is 1130. The van der Waals surface area contributed by atoms with Crippen LogP contribution in [0.3, 0.4) is 0 Å². The van der Waals surface area contributed by atoms with Gasteiger partial charge in [0.05, 0.1) is 5.69 Å². The SMILES string of the molecule is CC(C)CNC(=O)CCc1nnc2c3cc(-c4ccc(Cl)cc4)nn3ccn12. The van der Waals surface area contributed by atoms with Crippen LogP contribution in [0.5, 0.6) is 0 Å². The van der Waals surface area contributed by atoms with Gasteiger partial charge in [0.2, 0.25) is 5.91 Å². The number of hydrogen-bond donors (Lipinski definition) is 1. The monoisotopic (exact) mass is 396 g/mol. The van der Waals surface area contributed by atoms with Gasteiger partial charge in [-0.2, -0.15) is 5.10 Å². The lowest BCUT2D eigenvalue weighted by molar-refractivity contribution is -0.121. The number of nitrogens with zero attached hydrogens (tertiary/aromatic N) is 5. The van der Waals surface area contributed by atoms with E-state index >= 15 is 0 Å². The molecule has 1 amide bonds. The highest BCUT2D eigenvalue weighted by Gasteiger charge is 2.13. The summed E-state index contributed by atoms with van der Waals surface area (Å²) in [5.41, 5.74) is 3.39. The van der Waals surface area contributed by atoms with E-state index in [1.807, 2.05) is 47.1 Å². The Balaban J connectivity index is 1.59. The highest BCUT2D eigenvalue weighted by atomic mass is 35.5. The first-order valence-corrected chi connectivity index (χ1v) is 9.63. The van der Waals surface area contributed by atoms with Crippen LogP contribution >= 0.6 is 11.6 Å². The molecule has 4 rings (SSSR count). The van der Waals surface area contributed by atoms with E-state index in [1.165, 1.54) is 0 Å². The number of hydrogen-bond acceptors (Lipinski definition) is 4. The summed E-state index contributed by atoms with van der Waals surface area (Å²) in [6, 6.07) is 9.54. The summed E-state index contributed by atoms with van der Waals surface area (Å²) >= 11 is 5.97. The first kappa shape index (κ1) is 18.4. The van der Waals surface area contributed by atoms with Crippen molar-refractivity contribution in [1.29, 1.82) is 0 Å². The van der Waals surface area contributed by atoms with Crippen LogP contribution in [0.4, 0.5) is 0 Å².